The fourth-order valence-corrected chi connectivity index (χ4v) is 2.86. The van der Waals surface area contributed by atoms with Crippen LogP contribution in [0.1, 0.15) is 16.8 Å². The second-order valence-corrected chi connectivity index (χ2v) is 5.41. The van der Waals surface area contributed by atoms with Crippen molar-refractivity contribution in [3.63, 3.8) is 0 Å². The zero-order valence-corrected chi connectivity index (χ0v) is 11.2. The molecule has 1 atom stereocenters. The Balaban J connectivity index is 2.15. The zero-order valence-electron chi connectivity index (χ0n) is 9.59. The van der Waals surface area contributed by atoms with E-state index in [0.29, 0.717) is 12.2 Å². The first-order valence-electron chi connectivity index (χ1n) is 5.40. The Kier molecular flexibility index (Phi) is 4.06. The molecular weight excluding hydrogens is 292 g/mol. The Morgan fingerprint density at radius 3 is 2.79 bits per heavy atom. The van der Waals surface area contributed by atoms with E-state index in [-0.39, 0.29) is 21.4 Å². The topological polar surface area (TPSA) is 89.3 Å². The van der Waals surface area contributed by atoms with Crippen molar-refractivity contribution < 1.29 is 14.5 Å². The van der Waals surface area contributed by atoms with E-state index in [1.54, 1.807) is 0 Å². The van der Waals surface area contributed by atoms with Gasteiger partial charge in [-0.25, -0.2) is 0 Å². The minimum absolute atomic E-state index is 0.00945. The summed E-state index contributed by atoms with van der Waals surface area (Å²) in [4.78, 5) is 33.3. The second kappa shape index (κ2) is 5.58. The number of carbonyl (C=O) groups is 2. The van der Waals surface area contributed by atoms with Crippen LogP contribution in [0.2, 0.25) is 5.02 Å². The first kappa shape index (κ1) is 13.8. The van der Waals surface area contributed by atoms with Gasteiger partial charge in [0.15, 0.2) is 0 Å². The monoisotopic (exact) mass is 300 g/mol. The first-order valence-corrected chi connectivity index (χ1v) is 6.77. The number of nitro groups is 1. The summed E-state index contributed by atoms with van der Waals surface area (Å²) >= 11 is 7.01. The number of non-ortho nitro benzene ring substituents is 1. The number of halogens is 1. The van der Waals surface area contributed by atoms with E-state index in [2.05, 4.69) is 5.32 Å². The summed E-state index contributed by atoms with van der Waals surface area (Å²) in [5.41, 5.74) is -0.0639. The van der Waals surface area contributed by atoms with Crippen LogP contribution in [0.3, 0.4) is 0 Å². The Labute approximate surface area is 117 Å². The van der Waals surface area contributed by atoms with Crippen molar-refractivity contribution >= 4 is 40.1 Å². The van der Waals surface area contributed by atoms with Crippen LogP contribution < -0.4 is 5.32 Å². The smallest absolute Gasteiger partial charge is 0.270 e. The molecule has 19 heavy (non-hydrogen) atoms. The average molecular weight is 301 g/mol. The van der Waals surface area contributed by atoms with Crippen molar-refractivity contribution in [3.05, 3.63) is 38.9 Å². The normalized spacial score (nSPS) is 18.4. The summed E-state index contributed by atoms with van der Waals surface area (Å²) < 4.78 is 0. The Hall–Kier alpha value is -1.60. The van der Waals surface area contributed by atoms with Gasteiger partial charge in [0.25, 0.3) is 11.6 Å². The lowest BCUT2D eigenvalue weighted by Gasteiger charge is -2.10. The molecule has 1 amide bonds. The molecule has 0 bridgehead atoms. The molecule has 1 unspecified atom stereocenters. The minimum Gasteiger partial charge on any atom is -0.341 e. The number of rotatable bonds is 3. The van der Waals surface area contributed by atoms with Gasteiger partial charge in [0.2, 0.25) is 5.12 Å². The van der Waals surface area contributed by atoms with Crippen molar-refractivity contribution in [2.75, 3.05) is 5.75 Å². The summed E-state index contributed by atoms with van der Waals surface area (Å²) in [5.74, 6) is 0.179. The maximum absolute atomic E-state index is 11.9. The number of hydrogen-bond donors (Lipinski definition) is 1. The molecule has 1 aliphatic heterocycles. The summed E-state index contributed by atoms with van der Waals surface area (Å²) in [5, 5.41) is 13.0. The van der Waals surface area contributed by atoms with Gasteiger partial charge in [0, 0.05) is 17.9 Å². The fraction of sp³-hybridized carbons (Fsp3) is 0.273. The number of benzene rings is 1. The molecule has 2 rings (SSSR count). The third kappa shape index (κ3) is 3.05. The molecule has 1 saturated heterocycles. The Bertz CT molecular complexity index is 564. The summed E-state index contributed by atoms with van der Waals surface area (Å²) in [7, 11) is 0. The maximum Gasteiger partial charge on any atom is 0.270 e. The van der Waals surface area contributed by atoms with Crippen molar-refractivity contribution in [2.45, 2.75) is 12.5 Å². The zero-order chi connectivity index (χ0) is 14.0. The van der Waals surface area contributed by atoms with Gasteiger partial charge in [-0.05, 0) is 12.5 Å². The predicted molar refractivity (Wildman–Crippen MR) is 71.4 cm³/mol. The van der Waals surface area contributed by atoms with Crippen LogP contribution in [0.4, 0.5) is 5.69 Å². The molecule has 1 aliphatic rings. The number of hydrogen-bond acceptors (Lipinski definition) is 5. The summed E-state index contributed by atoms with van der Waals surface area (Å²) in [6.45, 7) is 0. The fourth-order valence-electron chi connectivity index (χ4n) is 1.66. The molecule has 0 spiro atoms. The van der Waals surface area contributed by atoms with E-state index in [4.69, 9.17) is 11.6 Å². The van der Waals surface area contributed by atoms with Crippen molar-refractivity contribution in [2.24, 2.45) is 0 Å². The average Bonchev–Trinajstić information content (AvgIpc) is 2.74. The van der Waals surface area contributed by atoms with Gasteiger partial charge in [-0.15, -0.1) is 0 Å². The Morgan fingerprint density at radius 2 is 2.26 bits per heavy atom. The highest BCUT2D eigenvalue weighted by Crippen LogP contribution is 2.24. The van der Waals surface area contributed by atoms with Crippen molar-refractivity contribution in [1.29, 1.82) is 0 Å². The molecule has 0 aromatic heterocycles. The standard InChI is InChI=1S/C11H9ClN2O4S/c12-8-5-6(14(17)18)1-2-7(8)10(15)13-9-3-4-19-11(9)16/h1-2,5,9H,3-4H2,(H,13,15). The van der Waals surface area contributed by atoms with E-state index in [1.165, 1.54) is 23.9 Å². The number of nitrogens with one attached hydrogen (secondary N) is 1. The van der Waals surface area contributed by atoms with Crippen LogP contribution in [-0.4, -0.2) is 27.7 Å². The molecule has 100 valence electrons. The third-order valence-electron chi connectivity index (χ3n) is 2.65. The lowest BCUT2D eigenvalue weighted by atomic mass is 10.1. The van der Waals surface area contributed by atoms with Crippen LogP contribution in [0.25, 0.3) is 0 Å². The number of carbonyl (C=O) groups excluding carboxylic acids is 2. The molecule has 0 aliphatic carbocycles. The highest BCUT2D eigenvalue weighted by molar-refractivity contribution is 8.14. The van der Waals surface area contributed by atoms with E-state index >= 15 is 0 Å². The Morgan fingerprint density at radius 1 is 1.53 bits per heavy atom. The second-order valence-electron chi connectivity index (χ2n) is 3.90. The van der Waals surface area contributed by atoms with Crippen LogP contribution >= 0.6 is 23.4 Å². The molecule has 0 saturated carbocycles. The molecule has 0 radical (unpaired) electrons. The molecule has 6 nitrogen and oxygen atoms in total. The van der Waals surface area contributed by atoms with Gasteiger partial charge in [0.1, 0.15) is 0 Å². The lowest BCUT2D eigenvalue weighted by molar-refractivity contribution is -0.384. The van der Waals surface area contributed by atoms with E-state index in [1.807, 2.05) is 0 Å². The highest BCUT2D eigenvalue weighted by Gasteiger charge is 2.27. The summed E-state index contributed by atoms with van der Waals surface area (Å²) in [6, 6.07) is 3.08. The van der Waals surface area contributed by atoms with Gasteiger partial charge in [-0.1, -0.05) is 23.4 Å². The van der Waals surface area contributed by atoms with Crippen LogP contribution in [0.5, 0.6) is 0 Å². The minimum atomic E-state index is -0.593. The third-order valence-corrected chi connectivity index (χ3v) is 3.97. The molecule has 8 heteroatoms. The quantitative estimate of drug-likeness (QED) is 0.681. The largest absolute Gasteiger partial charge is 0.341 e. The van der Waals surface area contributed by atoms with Gasteiger partial charge < -0.3 is 5.32 Å². The first-order chi connectivity index (χ1) is 8.99. The predicted octanol–water partition coefficient (Wildman–Crippen LogP) is 2.01. The van der Waals surface area contributed by atoms with Gasteiger partial charge >= 0.3 is 0 Å². The highest BCUT2D eigenvalue weighted by atomic mass is 35.5. The van der Waals surface area contributed by atoms with Crippen LogP contribution in [0, 0.1) is 10.1 Å². The SMILES string of the molecule is O=C(NC1CCSC1=O)c1ccc([N+](=O)[O-])cc1Cl. The van der Waals surface area contributed by atoms with Crippen molar-refractivity contribution in [3.8, 4) is 0 Å². The van der Waals surface area contributed by atoms with E-state index in [9.17, 15) is 19.7 Å². The van der Waals surface area contributed by atoms with Crippen LogP contribution in [-0.2, 0) is 4.79 Å². The molecule has 1 aromatic rings. The molecule has 1 heterocycles. The number of nitro benzene ring substituents is 1. The van der Waals surface area contributed by atoms with E-state index < -0.39 is 16.9 Å². The maximum atomic E-state index is 11.9. The number of nitrogens with zero attached hydrogens (tertiary/aromatic N) is 1. The van der Waals surface area contributed by atoms with E-state index in [0.717, 1.165) is 6.07 Å². The summed E-state index contributed by atoms with van der Waals surface area (Å²) in [6.07, 6.45) is 0.583. The van der Waals surface area contributed by atoms with Gasteiger partial charge in [0.05, 0.1) is 21.6 Å². The molecule has 1 N–H and O–H groups in total. The van der Waals surface area contributed by atoms with Gasteiger partial charge in [-0.2, -0.15) is 0 Å². The number of thioether (sulfide) groups is 1. The van der Waals surface area contributed by atoms with Gasteiger partial charge in [-0.3, -0.25) is 19.7 Å². The van der Waals surface area contributed by atoms with Crippen LogP contribution in [0.15, 0.2) is 18.2 Å². The lowest BCUT2D eigenvalue weighted by Crippen LogP contribution is -2.37. The molecule has 1 fully saturated rings. The molecule has 1 aromatic carbocycles. The van der Waals surface area contributed by atoms with Crippen molar-refractivity contribution in [1.82, 2.24) is 5.32 Å². The number of amides is 1. The molecular formula is C11H9ClN2O4S.